The Bertz CT molecular complexity index is 536. The number of carbonyl (C=O) groups excluding carboxylic acids is 2. The summed E-state index contributed by atoms with van der Waals surface area (Å²) < 4.78 is 4.94. The van der Waals surface area contributed by atoms with Crippen LogP contribution in [-0.4, -0.2) is 31.4 Å². The van der Waals surface area contributed by atoms with E-state index in [0.29, 0.717) is 18.5 Å². The first-order chi connectivity index (χ1) is 10.1. The summed E-state index contributed by atoms with van der Waals surface area (Å²) in [6, 6.07) is 6.39. The minimum atomic E-state index is -0.616. The average molecular weight is 290 g/mol. The lowest BCUT2D eigenvalue weighted by Crippen LogP contribution is -2.43. The van der Waals surface area contributed by atoms with Crippen molar-refractivity contribution in [3.63, 3.8) is 0 Å². The van der Waals surface area contributed by atoms with Gasteiger partial charge in [-0.2, -0.15) is 0 Å². The monoisotopic (exact) mass is 290 g/mol. The molecule has 0 saturated heterocycles. The van der Waals surface area contributed by atoms with E-state index >= 15 is 0 Å². The molecule has 0 spiro atoms. The number of nitrogens with zero attached hydrogens (tertiary/aromatic N) is 3. The number of carbonyl (C=O) groups is 2. The van der Waals surface area contributed by atoms with Crippen molar-refractivity contribution in [1.29, 1.82) is 0 Å². The van der Waals surface area contributed by atoms with Crippen LogP contribution in [0.15, 0.2) is 29.4 Å². The molecule has 1 atom stereocenters. The highest BCUT2D eigenvalue weighted by Crippen LogP contribution is 2.14. The van der Waals surface area contributed by atoms with Crippen molar-refractivity contribution >= 4 is 17.4 Å². The van der Waals surface area contributed by atoms with Gasteiger partial charge >= 0.3 is 0 Å². The standard InChI is InChI=1S/C14H18N4O3/c1-10(19)16-13(9-21-2)14(20)8-5-11-3-6-12(7-4-11)17-18-15/h3-4,6-7,13H,5,8-9H2,1-2H3,(H,16,19)/t13-/m1/s1. The van der Waals surface area contributed by atoms with Crippen molar-refractivity contribution in [2.45, 2.75) is 25.8 Å². The minimum absolute atomic E-state index is 0.0776. The van der Waals surface area contributed by atoms with Crippen LogP contribution in [0.4, 0.5) is 5.69 Å². The molecular weight excluding hydrogens is 272 g/mol. The maximum atomic E-state index is 12.1. The Hall–Kier alpha value is -2.37. The molecule has 0 saturated carbocycles. The number of nitrogens with one attached hydrogen (secondary N) is 1. The highest BCUT2D eigenvalue weighted by atomic mass is 16.5. The molecule has 0 aromatic heterocycles. The van der Waals surface area contributed by atoms with Crippen molar-refractivity contribution in [1.82, 2.24) is 5.32 Å². The van der Waals surface area contributed by atoms with E-state index in [0.717, 1.165) is 5.56 Å². The van der Waals surface area contributed by atoms with Gasteiger partial charge in [0.05, 0.1) is 6.61 Å². The summed E-state index contributed by atoms with van der Waals surface area (Å²) in [7, 11) is 1.48. The Morgan fingerprint density at radius 2 is 2.05 bits per heavy atom. The number of amides is 1. The minimum Gasteiger partial charge on any atom is -0.382 e. The van der Waals surface area contributed by atoms with E-state index in [4.69, 9.17) is 10.3 Å². The van der Waals surface area contributed by atoms with E-state index < -0.39 is 6.04 Å². The maximum Gasteiger partial charge on any atom is 0.217 e. The summed E-state index contributed by atoms with van der Waals surface area (Å²) in [5.41, 5.74) is 9.80. The second-order valence-corrected chi connectivity index (χ2v) is 4.53. The molecule has 0 aliphatic rings. The van der Waals surface area contributed by atoms with Crippen LogP contribution >= 0.6 is 0 Å². The Balaban J connectivity index is 2.57. The molecule has 0 aliphatic heterocycles. The fourth-order valence-electron chi connectivity index (χ4n) is 1.85. The topological polar surface area (TPSA) is 104 Å². The van der Waals surface area contributed by atoms with Gasteiger partial charge in [0.1, 0.15) is 6.04 Å². The van der Waals surface area contributed by atoms with Gasteiger partial charge in [0.15, 0.2) is 5.78 Å². The molecule has 0 radical (unpaired) electrons. The zero-order chi connectivity index (χ0) is 15.7. The SMILES string of the molecule is COC[C@@H](NC(C)=O)C(=O)CCc1ccc(N=[N+]=[N-])cc1. The number of hydrogen-bond donors (Lipinski definition) is 1. The van der Waals surface area contributed by atoms with Gasteiger partial charge in [0, 0.05) is 31.1 Å². The molecule has 0 aliphatic carbocycles. The van der Waals surface area contributed by atoms with Gasteiger partial charge in [-0.1, -0.05) is 29.4 Å². The number of Topliss-reactive ketones (excluding diaryl/α,β-unsaturated/α-hetero) is 1. The van der Waals surface area contributed by atoms with Crippen LogP contribution in [0, 0.1) is 0 Å². The Morgan fingerprint density at radius 3 is 2.57 bits per heavy atom. The van der Waals surface area contributed by atoms with Crippen LogP contribution in [0.3, 0.4) is 0 Å². The van der Waals surface area contributed by atoms with Crippen molar-refractivity contribution in [2.75, 3.05) is 13.7 Å². The van der Waals surface area contributed by atoms with Crippen LogP contribution in [0.2, 0.25) is 0 Å². The van der Waals surface area contributed by atoms with Crippen LogP contribution in [-0.2, 0) is 20.7 Å². The summed E-state index contributed by atoms with van der Waals surface area (Å²) in [4.78, 5) is 25.8. The number of ketones is 1. The molecule has 0 heterocycles. The fraction of sp³-hybridized carbons (Fsp3) is 0.429. The zero-order valence-corrected chi connectivity index (χ0v) is 12.1. The third kappa shape index (κ3) is 6.07. The first-order valence-corrected chi connectivity index (χ1v) is 6.49. The van der Waals surface area contributed by atoms with E-state index in [9.17, 15) is 9.59 Å². The Morgan fingerprint density at radius 1 is 1.38 bits per heavy atom. The zero-order valence-electron chi connectivity index (χ0n) is 12.1. The van der Waals surface area contributed by atoms with E-state index in [-0.39, 0.29) is 18.3 Å². The van der Waals surface area contributed by atoms with Crippen LogP contribution in [0.5, 0.6) is 0 Å². The predicted octanol–water partition coefficient (Wildman–Crippen LogP) is 2.28. The number of azide groups is 1. The van der Waals surface area contributed by atoms with Crippen molar-refractivity contribution < 1.29 is 14.3 Å². The first-order valence-electron chi connectivity index (χ1n) is 6.49. The van der Waals surface area contributed by atoms with Crippen molar-refractivity contribution in [3.8, 4) is 0 Å². The van der Waals surface area contributed by atoms with Gasteiger partial charge in [0.25, 0.3) is 0 Å². The third-order valence-electron chi connectivity index (χ3n) is 2.86. The quantitative estimate of drug-likeness (QED) is 0.451. The molecule has 112 valence electrons. The van der Waals surface area contributed by atoms with Crippen LogP contribution < -0.4 is 5.32 Å². The smallest absolute Gasteiger partial charge is 0.217 e. The molecule has 1 N–H and O–H groups in total. The van der Waals surface area contributed by atoms with E-state index in [1.165, 1.54) is 14.0 Å². The van der Waals surface area contributed by atoms with Gasteiger partial charge in [-0.3, -0.25) is 9.59 Å². The van der Waals surface area contributed by atoms with Crippen LogP contribution in [0.25, 0.3) is 10.4 Å². The molecule has 0 fully saturated rings. The van der Waals surface area contributed by atoms with Crippen LogP contribution in [0.1, 0.15) is 18.9 Å². The molecule has 21 heavy (non-hydrogen) atoms. The summed E-state index contributed by atoms with van der Waals surface area (Å²) in [6.45, 7) is 1.53. The lowest BCUT2D eigenvalue weighted by Gasteiger charge is -2.15. The highest BCUT2D eigenvalue weighted by molar-refractivity contribution is 5.88. The largest absolute Gasteiger partial charge is 0.382 e. The molecule has 7 heteroatoms. The molecule has 1 aromatic carbocycles. The second kappa shape index (κ2) is 8.73. The number of rotatable bonds is 8. The second-order valence-electron chi connectivity index (χ2n) is 4.53. The molecule has 7 nitrogen and oxygen atoms in total. The van der Waals surface area contributed by atoms with Gasteiger partial charge < -0.3 is 10.1 Å². The number of hydrogen-bond acceptors (Lipinski definition) is 4. The molecular formula is C14H18N4O3. The molecule has 0 bridgehead atoms. The van der Waals surface area contributed by atoms with Gasteiger partial charge in [-0.05, 0) is 17.5 Å². The van der Waals surface area contributed by atoms with Gasteiger partial charge in [0.2, 0.25) is 5.91 Å². The number of ether oxygens (including phenoxy) is 1. The number of benzene rings is 1. The first kappa shape index (κ1) is 16.7. The average Bonchev–Trinajstić information content (AvgIpc) is 2.45. The maximum absolute atomic E-state index is 12.1. The third-order valence-corrected chi connectivity index (χ3v) is 2.86. The van der Waals surface area contributed by atoms with E-state index in [1.54, 1.807) is 24.3 Å². The Labute approximate surface area is 122 Å². The molecule has 1 rings (SSSR count). The van der Waals surface area contributed by atoms with Gasteiger partial charge in [-0.25, -0.2) is 0 Å². The fourth-order valence-corrected chi connectivity index (χ4v) is 1.85. The predicted molar refractivity (Wildman–Crippen MR) is 78.1 cm³/mol. The highest BCUT2D eigenvalue weighted by Gasteiger charge is 2.18. The number of methoxy groups -OCH3 is 1. The Kier molecular flexibility index (Phi) is 6.94. The van der Waals surface area contributed by atoms with E-state index in [2.05, 4.69) is 15.3 Å². The van der Waals surface area contributed by atoms with Crippen molar-refractivity contribution in [3.05, 3.63) is 40.3 Å². The van der Waals surface area contributed by atoms with E-state index in [1.807, 2.05) is 0 Å². The summed E-state index contributed by atoms with van der Waals surface area (Å²) in [6.07, 6.45) is 0.852. The summed E-state index contributed by atoms with van der Waals surface area (Å²) >= 11 is 0. The lowest BCUT2D eigenvalue weighted by molar-refractivity contribution is -0.128. The molecule has 1 amide bonds. The molecule has 0 unspecified atom stereocenters. The van der Waals surface area contributed by atoms with Crippen molar-refractivity contribution in [2.24, 2.45) is 5.11 Å². The summed E-state index contributed by atoms with van der Waals surface area (Å²) in [5, 5.41) is 6.05. The molecule has 1 aromatic rings. The van der Waals surface area contributed by atoms with Gasteiger partial charge in [-0.15, -0.1) is 0 Å². The lowest BCUT2D eigenvalue weighted by atomic mass is 10.0. The summed E-state index contributed by atoms with van der Waals surface area (Å²) in [5.74, 6) is -0.338. The number of aryl methyl sites for hydroxylation is 1. The normalized spacial score (nSPS) is 11.3.